The first-order valence-corrected chi connectivity index (χ1v) is 8.65. The van der Waals surface area contributed by atoms with Crippen molar-refractivity contribution in [2.24, 2.45) is 5.10 Å². The Hall–Kier alpha value is -3.07. The lowest BCUT2D eigenvalue weighted by Gasteiger charge is -2.32. The van der Waals surface area contributed by atoms with Gasteiger partial charge in [-0.05, 0) is 47.5 Å². The minimum Gasteiger partial charge on any atom is -0.497 e. The van der Waals surface area contributed by atoms with E-state index in [1.807, 2.05) is 0 Å². The van der Waals surface area contributed by atoms with E-state index in [4.69, 9.17) is 9.47 Å². The van der Waals surface area contributed by atoms with Gasteiger partial charge < -0.3 is 14.6 Å². The monoisotopic (exact) mass is 408 g/mol. The number of carbonyl (C=O) groups is 1. The van der Waals surface area contributed by atoms with Crippen LogP contribution < -0.4 is 9.47 Å². The molecule has 0 radical (unpaired) electrons. The van der Waals surface area contributed by atoms with Crippen molar-refractivity contribution in [1.29, 1.82) is 0 Å². The fourth-order valence-corrected chi connectivity index (χ4v) is 2.97. The van der Waals surface area contributed by atoms with Gasteiger partial charge in [-0.3, -0.25) is 4.79 Å². The predicted octanol–water partition coefficient (Wildman–Crippen LogP) is 3.13. The van der Waals surface area contributed by atoms with Crippen molar-refractivity contribution < 1.29 is 32.5 Å². The van der Waals surface area contributed by atoms with E-state index in [2.05, 4.69) is 5.10 Å². The van der Waals surface area contributed by atoms with Crippen molar-refractivity contribution in [3.8, 4) is 11.5 Å². The molecule has 1 atom stereocenters. The summed E-state index contributed by atoms with van der Waals surface area (Å²) in [6, 6.07) is 12.5. The number of nitrogens with zero attached hydrogens (tertiary/aromatic N) is 2. The van der Waals surface area contributed by atoms with Crippen LogP contribution in [0.2, 0.25) is 0 Å². The molecule has 2 aromatic rings. The summed E-state index contributed by atoms with van der Waals surface area (Å²) in [6.07, 6.45) is -6.31. The predicted molar refractivity (Wildman–Crippen MR) is 98.7 cm³/mol. The summed E-state index contributed by atoms with van der Waals surface area (Å²) in [5.41, 5.74) is -2.64. The summed E-state index contributed by atoms with van der Waals surface area (Å²) in [5, 5.41) is 14.3. The lowest BCUT2D eigenvalue weighted by atomic mass is 10.0. The second-order valence-electron chi connectivity index (χ2n) is 6.50. The number of carbonyl (C=O) groups excluding carboxylic acids is 1. The molecule has 1 aliphatic rings. The average Bonchev–Trinajstić information content (AvgIpc) is 3.07. The number of methoxy groups -OCH3 is 2. The topological polar surface area (TPSA) is 71.4 Å². The van der Waals surface area contributed by atoms with Gasteiger partial charge >= 0.3 is 6.18 Å². The zero-order chi connectivity index (χ0) is 21.2. The Balaban J connectivity index is 1.90. The Labute approximate surface area is 165 Å². The molecule has 0 aliphatic carbocycles. The van der Waals surface area contributed by atoms with Gasteiger partial charge in [0.15, 0.2) is 0 Å². The molecular formula is C20H19F3N2O4. The van der Waals surface area contributed by atoms with E-state index in [0.29, 0.717) is 22.6 Å². The third kappa shape index (κ3) is 4.04. The minimum atomic E-state index is -5.08. The van der Waals surface area contributed by atoms with E-state index in [1.54, 1.807) is 36.4 Å². The SMILES string of the molecule is COc1ccc(CC(=O)N2N=C(c3ccc(OC)cc3)C[C@]2(O)C(F)(F)F)cc1. The highest BCUT2D eigenvalue weighted by molar-refractivity contribution is 6.03. The number of ether oxygens (including phenoxy) is 2. The van der Waals surface area contributed by atoms with Gasteiger partial charge in [0.05, 0.1) is 32.8 Å². The molecule has 1 amide bonds. The molecule has 0 saturated heterocycles. The van der Waals surface area contributed by atoms with Gasteiger partial charge in [0.1, 0.15) is 11.5 Å². The molecule has 0 bridgehead atoms. The van der Waals surface area contributed by atoms with Crippen molar-refractivity contribution in [3.05, 3.63) is 59.7 Å². The second-order valence-corrected chi connectivity index (χ2v) is 6.50. The fraction of sp³-hybridized carbons (Fsp3) is 0.300. The van der Waals surface area contributed by atoms with Gasteiger partial charge in [0.25, 0.3) is 5.72 Å². The Morgan fingerprint density at radius 2 is 1.59 bits per heavy atom. The first kappa shape index (κ1) is 20.7. The Bertz CT molecular complexity index is 911. The van der Waals surface area contributed by atoms with Crippen LogP contribution >= 0.6 is 0 Å². The molecule has 0 unspecified atom stereocenters. The Morgan fingerprint density at radius 1 is 1.07 bits per heavy atom. The number of amides is 1. The number of hydrogen-bond acceptors (Lipinski definition) is 5. The summed E-state index contributed by atoms with van der Waals surface area (Å²) in [7, 11) is 2.94. The van der Waals surface area contributed by atoms with Crippen molar-refractivity contribution in [3.63, 3.8) is 0 Å². The number of alkyl halides is 3. The highest BCUT2D eigenvalue weighted by atomic mass is 19.4. The number of hydrazone groups is 1. The highest BCUT2D eigenvalue weighted by Crippen LogP contribution is 2.41. The maximum Gasteiger partial charge on any atom is 0.438 e. The van der Waals surface area contributed by atoms with E-state index < -0.39 is 24.2 Å². The molecule has 2 aromatic carbocycles. The van der Waals surface area contributed by atoms with Crippen LogP contribution in [-0.2, 0) is 11.2 Å². The summed E-state index contributed by atoms with van der Waals surface area (Å²) in [4.78, 5) is 12.6. The van der Waals surface area contributed by atoms with Crippen LogP contribution in [0.5, 0.6) is 11.5 Å². The van der Waals surface area contributed by atoms with Crippen molar-refractivity contribution in [1.82, 2.24) is 5.01 Å². The smallest absolute Gasteiger partial charge is 0.438 e. The third-order valence-electron chi connectivity index (χ3n) is 4.61. The van der Waals surface area contributed by atoms with Gasteiger partial charge in [-0.1, -0.05) is 12.1 Å². The van der Waals surface area contributed by atoms with Crippen molar-refractivity contribution in [2.75, 3.05) is 14.2 Å². The standard InChI is InChI=1S/C20H19F3N2O4/c1-28-15-7-3-13(4-8-15)11-18(26)25-19(27,20(21,22)23)12-17(24-25)14-5-9-16(29-2)10-6-14/h3-10,27H,11-12H2,1-2H3/t19-/m0/s1. The molecule has 0 saturated carbocycles. The molecule has 6 nitrogen and oxygen atoms in total. The number of halogens is 3. The van der Waals surface area contributed by atoms with E-state index in [-0.39, 0.29) is 17.1 Å². The lowest BCUT2D eigenvalue weighted by Crippen LogP contribution is -2.57. The number of aliphatic hydroxyl groups is 1. The maximum absolute atomic E-state index is 13.6. The summed E-state index contributed by atoms with van der Waals surface area (Å²) in [5.74, 6) is 0.0957. The molecule has 0 aromatic heterocycles. The zero-order valence-electron chi connectivity index (χ0n) is 15.7. The zero-order valence-corrected chi connectivity index (χ0v) is 15.7. The van der Waals surface area contributed by atoms with E-state index in [0.717, 1.165) is 0 Å². The van der Waals surface area contributed by atoms with Crippen LogP contribution in [0.3, 0.4) is 0 Å². The van der Waals surface area contributed by atoms with Crippen LogP contribution in [0.4, 0.5) is 13.2 Å². The third-order valence-corrected chi connectivity index (χ3v) is 4.61. The second kappa shape index (κ2) is 7.75. The van der Waals surface area contributed by atoms with E-state index >= 15 is 0 Å². The Morgan fingerprint density at radius 3 is 2.07 bits per heavy atom. The maximum atomic E-state index is 13.6. The van der Waals surface area contributed by atoms with Gasteiger partial charge in [0, 0.05) is 0 Å². The Kier molecular flexibility index (Phi) is 5.52. The molecule has 0 spiro atoms. The van der Waals surface area contributed by atoms with Crippen LogP contribution in [0, 0.1) is 0 Å². The molecule has 1 N–H and O–H groups in total. The molecule has 29 heavy (non-hydrogen) atoms. The number of benzene rings is 2. The van der Waals surface area contributed by atoms with Crippen molar-refractivity contribution in [2.45, 2.75) is 24.7 Å². The van der Waals surface area contributed by atoms with Crippen molar-refractivity contribution >= 4 is 11.6 Å². The van der Waals surface area contributed by atoms with Gasteiger partial charge in [0.2, 0.25) is 5.91 Å². The largest absolute Gasteiger partial charge is 0.497 e. The van der Waals surface area contributed by atoms with Gasteiger partial charge in [-0.15, -0.1) is 0 Å². The van der Waals surface area contributed by atoms with Crippen LogP contribution in [-0.4, -0.2) is 47.9 Å². The van der Waals surface area contributed by atoms with Crippen LogP contribution in [0.25, 0.3) is 0 Å². The highest BCUT2D eigenvalue weighted by Gasteiger charge is 2.63. The minimum absolute atomic E-state index is 0.0458. The molecule has 9 heteroatoms. The molecule has 3 rings (SSSR count). The fourth-order valence-electron chi connectivity index (χ4n) is 2.97. The average molecular weight is 408 g/mol. The molecule has 1 heterocycles. The molecular weight excluding hydrogens is 389 g/mol. The summed E-state index contributed by atoms with van der Waals surface area (Å²) < 4.78 is 51.0. The van der Waals surface area contributed by atoms with Gasteiger partial charge in [-0.25, -0.2) is 0 Å². The molecule has 0 fully saturated rings. The summed E-state index contributed by atoms with van der Waals surface area (Å²) in [6.45, 7) is 0. The first-order chi connectivity index (χ1) is 13.7. The lowest BCUT2D eigenvalue weighted by molar-refractivity contribution is -0.302. The quantitative estimate of drug-likeness (QED) is 0.825. The summed E-state index contributed by atoms with van der Waals surface area (Å²) >= 11 is 0. The first-order valence-electron chi connectivity index (χ1n) is 8.65. The van der Waals surface area contributed by atoms with Crippen LogP contribution in [0.15, 0.2) is 53.6 Å². The van der Waals surface area contributed by atoms with Gasteiger partial charge in [-0.2, -0.15) is 23.3 Å². The molecule has 154 valence electrons. The van der Waals surface area contributed by atoms with Crippen LogP contribution in [0.1, 0.15) is 17.5 Å². The van der Waals surface area contributed by atoms with E-state index in [9.17, 15) is 23.1 Å². The number of rotatable bonds is 5. The molecule has 1 aliphatic heterocycles. The number of hydrogen-bond donors (Lipinski definition) is 1. The van der Waals surface area contributed by atoms with E-state index in [1.165, 1.54) is 26.4 Å². The normalized spacial score (nSPS) is 19.1.